The van der Waals surface area contributed by atoms with Gasteiger partial charge in [0.15, 0.2) is 5.65 Å². The standard InChI is InChI=1S/C27H33N7O2/c1-4-8-24(27(36)31-21-9-7-10-22(15-21)33-13-5-6-14-33)32-25(35)12-11-23-18(2)30-26-20(16-28)17-29-34(26)19(23)3/h7,9-10,15,17,24H,4-6,8,11-14H2,1-3H3,(H,31,36)(H,32,35). The van der Waals surface area contributed by atoms with E-state index in [1.807, 2.05) is 39.0 Å². The van der Waals surface area contributed by atoms with Crippen molar-refractivity contribution in [2.75, 3.05) is 23.3 Å². The summed E-state index contributed by atoms with van der Waals surface area (Å²) >= 11 is 0. The second-order valence-corrected chi connectivity index (χ2v) is 9.31. The molecule has 1 saturated heterocycles. The molecule has 1 aliphatic heterocycles. The average molecular weight is 488 g/mol. The van der Waals surface area contributed by atoms with Crippen LogP contribution in [0.5, 0.6) is 0 Å². The molecule has 1 atom stereocenters. The lowest BCUT2D eigenvalue weighted by molar-refractivity contribution is -0.126. The zero-order chi connectivity index (χ0) is 25.7. The van der Waals surface area contributed by atoms with E-state index in [9.17, 15) is 14.9 Å². The summed E-state index contributed by atoms with van der Waals surface area (Å²) in [6.07, 6.45) is 5.89. The number of nitriles is 1. The maximum absolute atomic E-state index is 13.0. The zero-order valence-corrected chi connectivity index (χ0v) is 21.2. The fourth-order valence-electron chi connectivity index (χ4n) is 4.80. The fraction of sp³-hybridized carbons (Fsp3) is 0.444. The largest absolute Gasteiger partial charge is 0.371 e. The fourth-order valence-corrected chi connectivity index (χ4v) is 4.80. The van der Waals surface area contributed by atoms with Gasteiger partial charge in [-0.1, -0.05) is 19.4 Å². The van der Waals surface area contributed by atoms with Crippen LogP contribution in [0.4, 0.5) is 11.4 Å². The molecular formula is C27H33N7O2. The summed E-state index contributed by atoms with van der Waals surface area (Å²) in [6, 6.07) is 9.38. The molecule has 0 aliphatic carbocycles. The molecule has 0 radical (unpaired) electrons. The molecule has 0 saturated carbocycles. The van der Waals surface area contributed by atoms with Crippen LogP contribution < -0.4 is 15.5 Å². The first-order valence-corrected chi connectivity index (χ1v) is 12.6. The zero-order valence-electron chi connectivity index (χ0n) is 21.2. The first-order chi connectivity index (χ1) is 17.4. The van der Waals surface area contributed by atoms with Gasteiger partial charge < -0.3 is 15.5 Å². The molecule has 4 rings (SSSR count). The summed E-state index contributed by atoms with van der Waals surface area (Å²) in [7, 11) is 0. The minimum absolute atomic E-state index is 0.188. The Hall–Kier alpha value is -3.93. The van der Waals surface area contributed by atoms with Gasteiger partial charge >= 0.3 is 0 Å². The number of hydrogen-bond acceptors (Lipinski definition) is 6. The van der Waals surface area contributed by atoms with Crippen molar-refractivity contribution in [1.29, 1.82) is 5.26 Å². The predicted molar refractivity (Wildman–Crippen MR) is 139 cm³/mol. The highest BCUT2D eigenvalue weighted by molar-refractivity contribution is 5.97. The van der Waals surface area contributed by atoms with E-state index in [1.54, 1.807) is 4.52 Å². The van der Waals surface area contributed by atoms with Gasteiger partial charge in [0.1, 0.15) is 17.7 Å². The van der Waals surface area contributed by atoms with E-state index < -0.39 is 6.04 Å². The summed E-state index contributed by atoms with van der Waals surface area (Å²) in [5.41, 5.74) is 5.33. The Kier molecular flexibility index (Phi) is 7.84. The van der Waals surface area contributed by atoms with Crippen molar-refractivity contribution in [3.8, 4) is 6.07 Å². The van der Waals surface area contributed by atoms with Gasteiger partial charge in [-0.25, -0.2) is 9.50 Å². The van der Waals surface area contributed by atoms with Crippen molar-refractivity contribution in [1.82, 2.24) is 19.9 Å². The number of benzene rings is 1. The van der Waals surface area contributed by atoms with Gasteiger partial charge in [0.25, 0.3) is 0 Å². The first kappa shape index (κ1) is 25.2. The molecular weight excluding hydrogens is 454 g/mol. The number of carbonyl (C=O) groups is 2. The molecule has 188 valence electrons. The summed E-state index contributed by atoms with van der Waals surface area (Å²) < 4.78 is 1.64. The van der Waals surface area contributed by atoms with Crippen LogP contribution in [0.15, 0.2) is 30.5 Å². The summed E-state index contributed by atoms with van der Waals surface area (Å²) in [5.74, 6) is -0.397. The number of nitrogens with one attached hydrogen (secondary N) is 2. The van der Waals surface area contributed by atoms with E-state index in [2.05, 4.69) is 37.8 Å². The lowest BCUT2D eigenvalue weighted by atomic mass is 10.1. The molecule has 3 heterocycles. The van der Waals surface area contributed by atoms with Crippen molar-refractivity contribution in [3.63, 3.8) is 0 Å². The van der Waals surface area contributed by atoms with E-state index in [-0.39, 0.29) is 18.2 Å². The van der Waals surface area contributed by atoms with Crippen LogP contribution in [0.2, 0.25) is 0 Å². The second kappa shape index (κ2) is 11.2. The summed E-state index contributed by atoms with van der Waals surface area (Å²) in [5, 5.41) is 19.4. The Morgan fingerprint density at radius 2 is 2.00 bits per heavy atom. The Labute approximate surface area is 211 Å². The van der Waals surface area contributed by atoms with Gasteiger partial charge in [0.2, 0.25) is 11.8 Å². The summed E-state index contributed by atoms with van der Waals surface area (Å²) in [6.45, 7) is 7.85. The van der Waals surface area contributed by atoms with Crippen molar-refractivity contribution in [2.45, 2.75) is 65.3 Å². The number of rotatable bonds is 9. The molecule has 36 heavy (non-hydrogen) atoms. The molecule has 1 aliphatic rings. The average Bonchev–Trinajstić information content (AvgIpc) is 3.54. The number of amides is 2. The monoisotopic (exact) mass is 487 g/mol. The third kappa shape index (κ3) is 5.48. The Bertz CT molecular complexity index is 1300. The minimum atomic E-state index is -0.606. The lowest BCUT2D eigenvalue weighted by Gasteiger charge is -2.20. The predicted octanol–water partition coefficient (Wildman–Crippen LogP) is 3.67. The Morgan fingerprint density at radius 1 is 1.22 bits per heavy atom. The van der Waals surface area contributed by atoms with Gasteiger partial charge in [-0.3, -0.25) is 9.59 Å². The molecule has 2 aromatic heterocycles. The number of fused-ring (bicyclic) bond motifs is 1. The lowest BCUT2D eigenvalue weighted by Crippen LogP contribution is -2.43. The molecule has 0 bridgehead atoms. The quantitative estimate of drug-likeness (QED) is 0.476. The Balaban J connectivity index is 1.39. The van der Waals surface area contributed by atoms with Crippen molar-refractivity contribution < 1.29 is 9.59 Å². The van der Waals surface area contributed by atoms with Crippen LogP contribution in [-0.2, 0) is 16.0 Å². The summed E-state index contributed by atoms with van der Waals surface area (Å²) in [4.78, 5) is 32.7. The van der Waals surface area contributed by atoms with E-state index in [0.29, 0.717) is 24.1 Å². The SMILES string of the molecule is CCCC(NC(=O)CCc1c(C)nc2c(C#N)cnn2c1C)C(=O)Nc1cccc(N2CCCC2)c1. The highest BCUT2D eigenvalue weighted by Gasteiger charge is 2.22. The van der Waals surface area contributed by atoms with E-state index in [0.717, 1.165) is 47.8 Å². The van der Waals surface area contributed by atoms with Crippen LogP contribution in [0.3, 0.4) is 0 Å². The topological polar surface area (TPSA) is 115 Å². The molecule has 2 N–H and O–H groups in total. The highest BCUT2D eigenvalue weighted by Crippen LogP contribution is 2.23. The number of aryl methyl sites for hydroxylation is 2. The molecule has 2 amide bonds. The molecule has 1 unspecified atom stereocenters. The number of anilines is 2. The van der Waals surface area contributed by atoms with Crippen LogP contribution in [0.25, 0.3) is 5.65 Å². The van der Waals surface area contributed by atoms with E-state index in [1.165, 1.54) is 19.0 Å². The van der Waals surface area contributed by atoms with Crippen LogP contribution in [0, 0.1) is 25.2 Å². The van der Waals surface area contributed by atoms with Gasteiger partial charge in [0.05, 0.1) is 6.20 Å². The van der Waals surface area contributed by atoms with Crippen LogP contribution in [-0.4, -0.2) is 45.5 Å². The van der Waals surface area contributed by atoms with E-state index in [4.69, 9.17) is 0 Å². The third-order valence-corrected chi connectivity index (χ3v) is 6.75. The minimum Gasteiger partial charge on any atom is -0.371 e. The van der Waals surface area contributed by atoms with Gasteiger partial charge in [-0.2, -0.15) is 10.4 Å². The number of aromatic nitrogens is 3. The molecule has 0 spiro atoms. The number of nitrogens with zero attached hydrogens (tertiary/aromatic N) is 5. The van der Waals surface area contributed by atoms with Crippen molar-refractivity contribution in [3.05, 3.63) is 53.0 Å². The van der Waals surface area contributed by atoms with Crippen molar-refractivity contribution >= 4 is 28.8 Å². The highest BCUT2D eigenvalue weighted by atomic mass is 16.2. The Morgan fingerprint density at radius 3 is 2.72 bits per heavy atom. The molecule has 1 fully saturated rings. The second-order valence-electron chi connectivity index (χ2n) is 9.31. The normalized spacial score (nSPS) is 14.0. The molecule has 9 heteroatoms. The first-order valence-electron chi connectivity index (χ1n) is 12.6. The van der Waals surface area contributed by atoms with Crippen LogP contribution >= 0.6 is 0 Å². The third-order valence-electron chi connectivity index (χ3n) is 6.75. The maximum atomic E-state index is 13.0. The molecule has 3 aromatic rings. The van der Waals surface area contributed by atoms with Gasteiger partial charge in [-0.05, 0) is 63.3 Å². The maximum Gasteiger partial charge on any atom is 0.246 e. The molecule has 1 aromatic carbocycles. The molecule has 9 nitrogen and oxygen atoms in total. The van der Waals surface area contributed by atoms with Crippen LogP contribution in [0.1, 0.15) is 61.5 Å². The number of carbonyl (C=O) groups excluding carboxylic acids is 2. The van der Waals surface area contributed by atoms with E-state index >= 15 is 0 Å². The van der Waals surface area contributed by atoms with Crippen molar-refractivity contribution in [2.24, 2.45) is 0 Å². The van der Waals surface area contributed by atoms with Gasteiger partial charge in [-0.15, -0.1) is 0 Å². The number of hydrogen-bond donors (Lipinski definition) is 2. The smallest absolute Gasteiger partial charge is 0.246 e. The van der Waals surface area contributed by atoms with Gasteiger partial charge in [0, 0.05) is 42.3 Å².